The van der Waals surface area contributed by atoms with E-state index in [1.807, 2.05) is 0 Å². The highest BCUT2D eigenvalue weighted by Gasteiger charge is 2.32. The number of amides is 2. The maximum Gasteiger partial charge on any atom is 0.343 e. The van der Waals surface area contributed by atoms with Gasteiger partial charge in [0.25, 0.3) is 11.1 Å². The highest BCUT2D eigenvalue weighted by Crippen LogP contribution is 2.34. The molecule has 22 heavy (non-hydrogen) atoms. The molecule has 0 spiro atoms. The van der Waals surface area contributed by atoms with Crippen molar-refractivity contribution in [3.8, 4) is 5.75 Å². The average Bonchev–Trinajstić information content (AvgIpc) is 2.73. The highest BCUT2D eigenvalue weighted by molar-refractivity contribution is 9.10. The second-order valence-corrected chi connectivity index (χ2v) is 6.20. The van der Waals surface area contributed by atoms with Crippen LogP contribution in [0.1, 0.15) is 5.56 Å². The molecule has 1 aromatic rings. The number of nitrogens with zero attached hydrogens (tertiary/aromatic N) is 1. The standard InChI is InChI=1S/C14H12BrNO5S/c1-16-13(18)11(22-14(16)19)6-8-5-9(15)3-4-10(8)21-7-12(17)20-2/h3-6H,7H2,1-2H3. The molecule has 1 aliphatic rings. The molecule has 1 fully saturated rings. The molecule has 0 bridgehead atoms. The molecule has 2 amide bonds. The number of benzene rings is 1. The number of rotatable bonds is 4. The monoisotopic (exact) mass is 385 g/mol. The van der Waals surface area contributed by atoms with Gasteiger partial charge < -0.3 is 9.47 Å². The van der Waals surface area contributed by atoms with Crippen molar-refractivity contribution in [1.29, 1.82) is 0 Å². The minimum atomic E-state index is -0.511. The zero-order valence-corrected chi connectivity index (χ0v) is 14.2. The van der Waals surface area contributed by atoms with Gasteiger partial charge in [-0.3, -0.25) is 14.5 Å². The summed E-state index contributed by atoms with van der Waals surface area (Å²) in [6.45, 7) is -0.242. The van der Waals surface area contributed by atoms with Crippen molar-refractivity contribution < 1.29 is 23.9 Å². The van der Waals surface area contributed by atoms with E-state index >= 15 is 0 Å². The van der Waals surface area contributed by atoms with Crippen LogP contribution in [0.2, 0.25) is 0 Å². The summed E-state index contributed by atoms with van der Waals surface area (Å²) in [5, 5.41) is -0.330. The normalized spacial score (nSPS) is 16.3. The number of halogens is 1. The quantitative estimate of drug-likeness (QED) is 0.585. The number of hydrogen-bond donors (Lipinski definition) is 0. The fourth-order valence-electron chi connectivity index (χ4n) is 1.65. The van der Waals surface area contributed by atoms with Crippen LogP contribution in [0.4, 0.5) is 4.79 Å². The molecule has 116 valence electrons. The van der Waals surface area contributed by atoms with Crippen molar-refractivity contribution in [2.45, 2.75) is 0 Å². The SMILES string of the molecule is COC(=O)COc1ccc(Br)cc1C=C1SC(=O)N(C)C1=O. The van der Waals surface area contributed by atoms with E-state index in [0.717, 1.165) is 21.1 Å². The lowest BCUT2D eigenvalue weighted by molar-refractivity contribution is -0.142. The second-order valence-electron chi connectivity index (χ2n) is 4.29. The Morgan fingerprint density at radius 2 is 2.14 bits per heavy atom. The third-order valence-electron chi connectivity index (χ3n) is 2.82. The van der Waals surface area contributed by atoms with Gasteiger partial charge in [-0.05, 0) is 36.0 Å². The van der Waals surface area contributed by atoms with Crippen molar-refractivity contribution >= 4 is 50.9 Å². The van der Waals surface area contributed by atoms with Crippen LogP contribution in [0.25, 0.3) is 6.08 Å². The minimum absolute atomic E-state index is 0.242. The number of ether oxygens (including phenoxy) is 2. The number of carbonyl (C=O) groups is 3. The molecule has 1 heterocycles. The Bertz CT molecular complexity index is 673. The summed E-state index contributed by atoms with van der Waals surface area (Å²) in [6.07, 6.45) is 1.56. The van der Waals surface area contributed by atoms with E-state index in [-0.39, 0.29) is 17.8 Å². The van der Waals surface area contributed by atoms with E-state index in [4.69, 9.17) is 4.74 Å². The van der Waals surface area contributed by atoms with E-state index in [2.05, 4.69) is 20.7 Å². The Hall–Kier alpha value is -1.80. The van der Waals surface area contributed by atoms with Crippen LogP contribution >= 0.6 is 27.7 Å². The van der Waals surface area contributed by atoms with Gasteiger partial charge in [-0.15, -0.1) is 0 Å². The van der Waals surface area contributed by atoms with Gasteiger partial charge in [0.15, 0.2) is 6.61 Å². The number of likely N-dealkylation sites (N-methyl/N-ethyl adjacent to an activating group) is 1. The lowest BCUT2D eigenvalue weighted by Crippen LogP contribution is -2.22. The molecular formula is C14H12BrNO5S. The summed E-state index contributed by atoms with van der Waals surface area (Å²) >= 11 is 4.19. The van der Waals surface area contributed by atoms with Crippen LogP contribution in [0, 0.1) is 0 Å². The first kappa shape index (κ1) is 16.6. The van der Waals surface area contributed by atoms with Gasteiger partial charge in [-0.2, -0.15) is 0 Å². The van der Waals surface area contributed by atoms with E-state index in [1.165, 1.54) is 14.2 Å². The molecule has 0 unspecified atom stereocenters. The largest absolute Gasteiger partial charge is 0.481 e. The van der Waals surface area contributed by atoms with Gasteiger partial charge >= 0.3 is 5.97 Å². The van der Waals surface area contributed by atoms with Gasteiger partial charge in [-0.25, -0.2) is 4.79 Å². The van der Waals surface area contributed by atoms with Crippen LogP contribution in [-0.4, -0.2) is 42.8 Å². The van der Waals surface area contributed by atoms with Gasteiger partial charge in [0.2, 0.25) is 0 Å². The van der Waals surface area contributed by atoms with E-state index in [0.29, 0.717) is 16.2 Å². The second kappa shape index (κ2) is 6.97. The number of hydrogen-bond acceptors (Lipinski definition) is 6. The third-order valence-corrected chi connectivity index (χ3v) is 4.27. The summed E-state index contributed by atoms with van der Waals surface area (Å²) in [5.74, 6) is -0.465. The number of carbonyl (C=O) groups excluding carboxylic acids is 3. The molecule has 1 saturated heterocycles. The lowest BCUT2D eigenvalue weighted by atomic mass is 10.2. The Morgan fingerprint density at radius 3 is 2.73 bits per heavy atom. The smallest absolute Gasteiger partial charge is 0.343 e. The van der Waals surface area contributed by atoms with Crippen molar-refractivity contribution in [3.63, 3.8) is 0 Å². The van der Waals surface area contributed by atoms with Crippen molar-refractivity contribution in [2.24, 2.45) is 0 Å². The Labute approximate surface area is 139 Å². The summed E-state index contributed by atoms with van der Waals surface area (Å²) in [5.41, 5.74) is 0.581. The summed E-state index contributed by atoms with van der Waals surface area (Å²) < 4.78 is 10.7. The molecule has 2 rings (SSSR count). The Balaban J connectivity index is 2.30. The van der Waals surface area contributed by atoms with Gasteiger partial charge in [0, 0.05) is 17.1 Å². The van der Waals surface area contributed by atoms with Crippen LogP contribution in [0.5, 0.6) is 5.75 Å². The first-order chi connectivity index (χ1) is 10.4. The Kier molecular flexibility index (Phi) is 5.25. The van der Waals surface area contributed by atoms with Crippen LogP contribution in [0.15, 0.2) is 27.6 Å². The molecule has 0 radical (unpaired) electrons. The van der Waals surface area contributed by atoms with Gasteiger partial charge in [0.05, 0.1) is 12.0 Å². The number of imide groups is 1. The molecule has 0 saturated carbocycles. The maximum atomic E-state index is 11.9. The third kappa shape index (κ3) is 3.69. The predicted octanol–water partition coefficient (Wildman–Crippen LogP) is 2.67. The average molecular weight is 386 g/mol. The zero-order valence-electron chi connectivity index (χ0n) is 11.8. The minimum Gasteiger partial charge on any atom is -0.481 e. The van der Waals surface area contributed by atoms with Crippen LogP contribution in [-0.2, 0) is 14.3 Å². The highest BCUT2D eigenvalue weighted by atomic mass is 79.9. The molecule has 0 aliphatic carbocycles. The van der Waals surface area contributed by atoms with Crippen LogP contribution in [0.3, 0.4) is 0 Å². The van der Waals surface area contributed by atoms with Crippen molar-refractivity contribution in [1.82, 2.24) is 4.90 Å². The fraction of sp³-hybridized carbons (Fsp3) is 0.214. The van der Waals surface area contributed by atoms with Crippen molar-refractivity contribution in [3.05, 3.63) is 33.1 Å². The van der Waals surface area contributed by atoms with Crippen molar-refractivity contribution in [2.75, 3.05) is 20.8 Å². The first-order valence-corrected chi connectivity index (χ1v) is 7.74. The van der Waals surface area contributed by atoms with Crippen LogP contribution < -0.4 is 4.74 Å². The van der Waals surface area contributed by atoms with E-state index < -0.39 is 5.97 Å². The predicted molar refractivity (Wildman–Crippen MR) is 85.4 cm³/mol. The topological polar surface area (TPSA) is 72.9 Å². The molecule has 1 aromatic carbocycles. The number of thioether (sulfide) groups is 1. The summed E-state index contributed by atoms with van der Waals surface area (Å²) in [7, 11) is 2.69. The first-order valence-electron chi connectivity index (χ1n) is 6.13. The Morgan fingerprint density at radius 1 is 1.41 bits per heavy atom. The molecule has 1 aliphatic heterocycles. The molecule has 0 atom stereocenters. The van der Waals surface area contributed by atoms with Gasteiger partial charge in [0.1, 0.15) is 5.75 Å². The summed E-state index contributed by atoms with van der Waals surface area (Å²) in [6, 6.07) is 5.14. The molecular weight excluding hydrogens is 374 g/mol. The lowest BCUT2D eigenvalue weighted by Gasteiger charge is -2.09. The van der Waals surface area contributed by atoms with E-state index in [1.54, 1.807) is 24.3 Å². The maximum absolute atomic E-state index is 11.9. The number of methoxy groups -OCH3 is 1. The zero-order chi connectivity index (χ0) is 16.3. The van der Waals surface area contributed by atoms with E-state index in [9.17, 15) is 14.4 Å². The molecule has 6 nitrogen and oxygen atoms in total. The summed E-state index contributed by atoms with van der Waals surface area (Å²) in [4.78, 5) is 35.9. The molecule has 0 aromatic heterocycles. The molecule has 8 heteroatoms. The molecule has 0 N–H and O–H groups in total. The fourth-order valence-corrected chi connectivity index (χ4v) is 2.84. The van der Waals surface area contributed by atoms with Gasteiger partial charge in [-0.1, -0.05) is 15.9 Å². The number of esters is 1.